The van der Waals surface area contributed by atoms with Crippen molar-refractivity contribution in [2.75, 3.05) is 13.3 Å². The first kappa shape index (κ1) is 11.7. The fraction of sp³-hybridized carbons (Fsp3) is 0.857. The van der Waals surface area contributed by atoms with Gasteiger partial charge in [-0.3, -0.25) is 4.79 Å². The number of hydrogen-bond acceptors (Lipinski definition) is 3. The van der Waals surface area contributed by atoms with E-state index in [1.165, 1.54) is 0 Å². The fourth-order valence-electron chi connectivity index (χ4n) is 0.582. The molecule has 0 fully saturated rings. The Morgan fingerprint density at radius 1 is 1.69 bits per heavy atom. The molecule has 0 radical (unpaired) electrons. The molecule has 0 aliphatic rings. The second-order valence-corrected chi connectivity index (χ2v) is 3.27. The molecule has 0 heterocycles. The van der Waals surface area contributed by atoms with E-state index in [9.17, 15) is 4.79 Å². The molecule has 0 aliphatic carbocycles. The SMILES string of the molecule is CC(C)(CCOCN=[N+]=[N-])C(N)=O. The monoisotopic (exact) mass is 186 g/mol. The standard InChI is InChI=1S/C7H14N4O2/c1-7(2,6(8)12)3-4-13-5-10-11-9/h3-5H2,1-2H3,(H2,8,12). The van der Waals surface area contributed by atoms with Crippen molar-refractivity contribution in [3.05, 3.63) is 10.4 Å². The Hall–Kier alpha value is -1.26. The van der Waals surface area contributed by atoms with Crippen LogP contribution in [0.2, 0.25) is 0 Å². The Labute approximate surface area is 76.7 Å². The van der Waals surface area contributed by atoms with Crippen LogP contribution in [0.25, 0.3) is 10.4 Å². The molecule has 0 aromatic carbocycles. The Balaban J connectivity index is 3.63. The summed E-state index contributed by atoms with van der Waals surface area (Å²) in [6.07, 6.45) is 0.517. The van der Waals surface area contributed by atoms with Crippen LogP contribution in [-0.2, 0) is 9.53 Å². The third-order valence-corrected chi connectivity index (χ3v) is 1.75. The van der Waals surface area contributed by atoms with Gasteiger partial charge in [-0.05, 0) is 12.0 Å². The molecular weight excluding hydrogens is 172 g/mol. The molecule has 0 aromatic rings. The normalized spacial score (nSPS) is 10.6. The molecule has 0 rings (SSSR count). The number of nitrogens with two attached hydrogens (primary N) is 1. The summed E-state index contributed by atoms with van der Waals surface area (Å²) in [6.45, 7) is 3.83. The minimum absolute atomic E-state index is 0.00859. The first-order valence-corrected chi connectivity index (χ1v) is 3.89. The van der Waals surface area contributed by atoms with E-state index in [2.05, 4.69) is 10.0 Å². The third-order valence-electron chi connectivity index (χ3n) is 1.75. The lowest BCUT2D eigenvalue weighted by Crippen LogP contribution is -2.32. The average molecular weight is 186 g/mol. The molecule has 0 bridgehead atoms. The van der Waals surface area contributed by atoms with Crippen LogP contribution >= 0.6 is 0 Å². The number of ether oxygens (including phenoxy) is 1. The summed E-state index contributed by atoms with van der Waals surface area (Å²) >= 11 is 0. The van der Waals surface area contributed by atoms with E-state index in [1.807, 2.05) is 0 Å². The van der Waals surface area contributed by atoms with E-state index in [4.69, 9.17) is 16.0 Å². The van der Waals surface area contributed by atoms with Gasteiger partial charge in [0.15, 0.2) is 0 Å². The number of hydrogen-bond donors (Lipinski definition) is 1. The number of nitrogens with zero attached hydrogens (tertiary/aromatic N) is 3. The highest BCUT2D eigenvalue weighted by atomic mass is 16.5. The van der Waals surface area contributed by atoms with Gasteiger partial charge in [0.05, 0.1) is 0 Å². The smallest absolute Gasteiger partial charge is 0.223 e. The molecule has 0 aliphatic heterocycles. The van der Waals surface area contributed by atoms with Crippen molar-refractivity contribution in [1.82, 2.24) is 0 Å². The van der Waals surface area contributed by atoms with Gasteiger partial charge < -0.3 is 10.5 Å². The summed E-state index contributed by atoms with van der Waals surface area (Å²) in [5.41, 5.74) is 12.5. The highest BCUT2D eigenvalue weighted by Gasteiger charge is 2.23. The van der Waals surface area contributed by atoms with Crippen molar-refractivity contribution in [2.24, 2.45) is 16.3 Å². The largest absolute Gasteiger partial charge is 0.375 e. The number of rotatable bonds is 6. The summed E-state index contributed by atoms with van der Waals surface area (Å²) in [5.74, 6) is -0.361. The van der Waals surface area contributed by atoms with Crippen molar-refractivity contribution in [2.45, 2.75) is 20.3 Å². The molecule has 0 atom stereocenters. The maximum atomic E-state index is 10.8. The summed E-state index contributed by atoms with van der Waals surface area (Å²) in [5, 5.41) is 3.18. The Morgan fingerprint density at radius 2 is 2.31 bits per heavy atom. The highest BCUT2D eigenvalue weighted by Crippen LogP contribution is 2.18. The van der Waals surface area contributed by atoms with E-state index in [0.29, 0.717) is 13.0 Å². The van der Waals surface area contributed by atoms with E-state index >= 15 is 0 Å². The lowest BCUT2D eigenvalue weighted by atomic mass is 9.89. The number of primary amides is 1. The van der Waals surface area contributed by atoms with E-state index < -0.39 is 5.41 Å². The number of amides is 1. The van der Waals surface area contributed by atoms with Crippen molar-refractivity contribution in [3.63, 3.8) is 0 Å². The molecule has 6 nitrogen and oxygen atoms in total. The van der Waals surface area contributed by atoms with E-state index in [1.54, 1.807) is 13.8 Å². The quantitative estimate of drug-likeness (QED) is 0.291. The molecule has 0 unspecified atom stereocenters. The molecule has 74 valence electrons. The lowest BCUT2D eigenvalue weighted by Gasteiger charge is -2.19. The van der Waals surface area contributed by atoms with Gasteiger partial charge >= 0.3 is 0 Å². The van der Waals surface area contributed by atoms with Crippen molar-refractivity contribution in [1.29, 1.82) is 0 Å². The predicted octanol–water partition coefficient (Wildman–Crippen LogP) is 1.17. The first-order valence-electron chi connectivity index (χ1n) is 3.89. The highest BCUT2D eigenvalue weighted by molar-refractivity contribution is 5.79. The molecule has 13 heavy (non-hydrogen) atoms. The molecule has 0 aromatic heterocycles. The summed E-state index contributed by atoms with van der Waals surface area (Å²) in [4.78, 5) is 13.3. The molecular formula is C7H14N4O2. The van der Waals surface area contributed by atoms with E-state index in [-0.39, 0.29) is 12.6 Å². The van der Waals surface area contributed by atoms with Gasteiger partial charge in [-0.1, -0.05) is 19.0 Å². The van der Waals surface area contributed by atoms with Crippen molar-refractivity contribution < 1.29 is 9.53 Å². The van der Waals surface area contributed by atoms with E-state index in [0.717, 1.165) is 0 Å². The molecule has 0 saturated heterocycles. The molecule has 2 N–H and O–H groups in total. The average Bonchev–Trinajstić information content (AvgIpc) is 2.03. The van der Waals surface area contributed by atoms with Crippen molar-refractivity contribution >= 4 is 5.91 Å². The predicted molar refractivity (Wildman–Crippen MR) is 47.6 cm³/mol. The van der Waals surface area contributed by atoms with Gasteiger partial charge in [0.25, 0.3) is 0 Å². The Morgan fingerprint density at radius 3 is 2.77 bits per heavy atom. The van der Waals surface area contributed by atoms with Crippen LogP contribution in [0.1, 0.15) is 20.3 Å². The molecule has 6 heteroatoms. The first-order chi connectivity index (χ1) is 6.00. The summed E-state index contributed by atoms with van der Waals surface area (Å²) in [6, 6.07) is 0. The van der Waals surface area contributed by atoms with Gasteiger partial charge in [0, 0.05) is 16.9 Å². The minimum Gasteiger partial charge on any atom is -0.375 e. The van der Waals surface area contributed by atoms with Gasteiger partial charge in [0.1, 0.15) is 6.73 Å². The topological polar surface area (TPSA) is 101 Å². The van der Waals surface area contributed by atoms with Crippen LogP contribution in [0.3, 0.4) is 0 Å². The molecule has 0 spiro atoms. The van der Waals surface area contributed by atoms with Gasteiger partial charge in [-0.15, -0.1) is 0 Å². The van der Waals surface area contributed by atoms with Gasteiger partial charge in [0.2, 0.25) is 5.91 Å². The fourth-order valence-corrected chi connectivity index (χ4v) is 0.582. The molecule has 0 saturated carbocycles. The van der Waals surface area contributed by atoms with Crippen LogP contribution in [0.5, 0.6) is 0 Å². The maximum absolute atomic E-state index is 10.8. The van der Waals surface area contributed by atoms with Gasteiger partial charge in [-0.25, -0.2) is 0 Å². The summed E-state index contributed by atoms with van der Waals surface area (Å²) < 4.78 is 4.93. The zero-order chi connectivity index (χ0) is 10.3. The zero-order valence-corrected chi connectivity index (χ0v) is 7.86. The zero-order valence-electron chi connectivity index (χ0n) is 7.86. The number of azide groups is 1. The minimum atomic E-state index is -0.573. The lowest BCUT2D eigenvalue weighted by molar-refractivity contribution is -0.126. The second kappa shape index (κ2) is 5.40. The van der Waals surface area contributed by atoms with Gasteiger partial charge in [-0.2, -0.15) is 0 Å². The van der Waals surface area contributed by atoms with Crippen molar-refractivity contribution in [3.8, 4) is 0 Å². The molecule has 1 amide bonds. The van der Waals surface area contributed by atoms with Crippen LogP contribution in [-0.4, -0.2) is 19.2 Å². The second-order valence-electron chi connectivity index (χ2n) is 3.27. The maximum Gasteiger partial charge on any atom is 0.223 e. The number of carbonyl (C=O) groups excluding carboxylic acids is 1. The number of carbonyl (C=O) groups is 1. The third kappa shape index (κ3) is 5.05. The Kier molecular flexibility index (Phi) is 4.87. The van der Waals surface area contributed by atoms with Crippen LogP contribution in [0.15, 0.2) is 5.11 Å². The Bertz CT molecular complexity index is 221. The van der Waals surface area contributed by atoms with Crippen LogP contribution < -0.4 is 5.73 Å². The van der Waals surface area contributed by atoms with Crippen LogP contribution in [0.4, 0.5) is 0 Å². The summed E-state index contributed by atoms with van der Waals surface area (Å²) in [7, 11) is 0. The van der Waals surface area contributed by atoms with Crippen LogP contribution in [0, 0.1) is 5.41 Å².